The zero-order valence-corrected chi connectivity index (χ0v) is 16.8. The van der Waals surface area contributed by atoms with Gasteiger partial charge in [0.05, 0.1) is 11.6 Å². The molecule has 0 saturated heterocycles. The van der Waals surface area contributed by atoms with Crippen molar-refractivity contribution in [1.82, 2.24) is 14.8 Å². The van der Waals surface area contributed by atoms with Crippen LogP contribution in [0.3, 0.4) is 0 Å². The molecule has 1 aromatic heterocycles. The van der Waals surface area contributed by atoms with E-state index in [2.05, 4.69) is 26.2 Å². The molecule has 0 saturated carbocycles. The zero-order chi connectivity index (χ0) is 20.9. The van der Waals surface area contributed by atoms with Gasteiger partial charge in [-0.05, 0) is 56.2 Å². The molecule has 2 heterocycles. The van der Waals surface area contributed by atoms with E-state index in [4.69, 9.17) is 10.00 Å². The highest BCUT2D eigenvalue weighted by Gasteiger charge is 2.18. The molecule has 1 amide bonds. The highest BCUT2D eigenvalue weighted by molar-refractivity contribution is 5.94. The second kappa shape index (κ2) is 8.78. The molecule has 3 aromatic rings. The summed E-state index contributed by atoms with van der Waals surface area (Å²) < 4.78 is 8.07. The van der Waals surface area contributed by atoms with Crippen molar-refractivity contribution in [2.24, 2.45) is 0 Å². The Labute approximate surface area is 175 Å². The average molecular weight is 401 g/mol. The van der Waals surface area contributed by atoms with E-state index in [-0.39, 0.29) is 5.91 Å². The first-order valence-corrected chi connectivity index (χ1v) is 10.1. The largest absolute Gasteiger partial charge is 0.481 e. The fourth-order valence-electron chi connectivity index (χ4n) is 3.54. The Morgan fingerprint density at radius 1 is 1.17 bits per heavy atom. The van der Waals surface area contributed by atoms with Crippen LogP contribution in [0.4, 0.5) is 5.69 Å². The standard InChI is InChI=1S/C23H23N5O2/c1-16(23(29)25-19-11-9-17(15-24)10-12-19)30-20-7-5-6-18(14-20)22-27-26-21-8-3-2-4-13-28(21)22/h5-7,9-12,14,16H,2-4,8,13H2,1H3,(H,25,29)/t16-/m1/s1. The van der Waals surface area contributed by atoms with E-state index in [0.29, 0.717) is 17.0 Å². The van der Waals surface area contributed by atoms with E-state index in [1.165, 1.54) is 6.42 Å². The van der Waals surface area contributed by atoms with E-state index >= 15 is 0 Å². The number of anilines is 1. The number of benzene rings is 2. The Hall–Kier alpha value is -3.66. The molecule has 1 aliphatic rings. The smallest absolute Gasteiger partial charge is 0.265 e. The SMILES string of the molecule is C[C@@H](Oc1cccc(-c2nnc3n2CCCCC3)c1)C(=O)Nc1ccc(C#N)cc1. The highest BCUT2D eigenvalue weighted by Crippen LogP contribution is 2.26. The lowest BCUT2D eigenvalue weighted by Gasteiger charge is -2.15. The monoisotopic (exact) mass is 401 g/mol. The number of aryl methyl sites for hydroxylation is 1. The summed E-state index contributed by atoms with van der Waals surface area (Å²) in [4.78, 5) is 12.5. The first kappa shape index (κ1) is 19.6. The zero-order valence-electron chi connectivity index (χ0n) is 16.8. The van der Waals surface area contributed by atoms with Gasteiger partial charge in [0.15, 0.2) is 11.9 Å². The molecular weight excluding hydrogens is 378 g/mol. The van der Waals surface area contributed by atoms with Crippen LogP contribution in [0.5, 0.6) is 5.75 Å². The Bertz CT molecular complexity index is 1080. The lowest BCUT2D eigenvalue weighted by Crippen LogP contribution is -2.30. The third-order valence-electron chi connectivity index (χ3n) is 5.17. The number of nitrogens with one attached hydrogen (secondary N) is 1. The van der Waals surface area contributed by atoms with Crippen molar-refractivity contribution in [3.8, 4) is 23.2 Å². The number of hydrogen-bond donors (Lipinski definition) is 1. The molecule has 0 unspecified atom stereocenters. The maximum atomic E-state index is 12.5. The molecule has 0 fully saturated rings. The minimum absolute atomic E-state index is 0.263. The van der Waals surface area contributed by atoms with Gasteiger partial charge in [-0.3, -0.25) is 4.79 Å². The van der Waals surface area contributed by atoms with Crippen LogP contribution in [0.25, 0.3) is 11.4 Å². The van der Waals surface area contributed by atoms with Gasteiger partial charge in [0.25, 0.3) is 5.91 Å². The number of nitriles is 1. The summed E-state index contributed by atoms with van der Waals surface area (Å²) in [6.07, 6.45) is 3.74. The predicted octanol–water partition coefficient (Wildman–Crippen LogP) is 3.95. The summed E-state index contributed by atoms with van der Waals surface area (Å²) in [6, 6.07) is 16.4. The van der Waals surface area contributed by atoms with E-state index < -0.39 is 6.10 Å². The summed E-state index contributed by atoms with van der Waals surface area (Å²) in [5.41, 5.74) is 2.09. The van der Waals surface area contributed by atoms with Crippen LogP contribution in [-0.4, -0.2) is 26.8 Å². The molecule has 7 nitrogen and oxygen atoms in total. The van der Waals surface area contributed by atoms with Crippen LogP contribution in [0, 0.1) is 11.3 Å². The van der Waals surface area contributed by atoms with Gasteiger partial charge in [-0.25, -0.2) is 0 Å². The van der Waals surface area contributed by atoms with Gasteiger partial charge in [-0.15, -0.1) is 10.2 Å². The van der Waals surface area contributed by atoms with Crippen LogP contribution >= 0.6 is 0 Å². The number of aromatic nitrogens is 3. The third kappa shape index (κ3) is 4.33. The number of carbonyl (C=O) groups excluding carboxylic acids is 1. The van der Waals surface area contributed by atoms with E-state index in [9.17, 15) is 4.79 Å². The Morgan fingerprint density at radius 2 is 2.00 bits per heavy atom. The van der Waals surface area contributed by atoms with Crippen molar-refractivity contribution in [2.45, 2.75) is 45.3 Å². The maximum Gasteiger partial charge on any atom is 0.265 e. The lowest BCUT2D eigenvalue weighted by atomic mass is 10.2. The van der Waals surface area contributed by atoms with Crippen molar-refractivity contribution < 1.29 is 9.53 Å². The quantitative estimate of drug-likeness (QED) is 0.699. The number of fused-ring (bicyclic) bond motifs is 1. The molecule has 0 aliphatic carbocycles. The molecule has 152 valence electrons. The number of hydrogen-bond acceptors (Lipinski definition) is 5. The molecule has 0 spiro atoms. The van der Waals surface area contributed by atoms with Gasteiger partial charge >= 0.3 is 0 Å². The summed E-state index contributed by atoms with van der Waals surface area (Å²) in [5.74, 6) is 2.21. The van der Waals surface area contributed by atoms with Crippen molar-refractivity contribution in [1.29, 1.82) is 5.26 Å². The first-order chi connectivity index (χ1) is 14.6. The number of amides is 1. The van der Waals surface area contributed by atoms with E-state index in [1.807, 2.05) is 24.3 Å². The summed E-state index contributed by atoms with van der Waals surface area (Å²) in [7, 11) is 0. The highest BCUT2D eigenvalue weighted by atomic mass is 16.5. The minimum Gasteiger partial charge on any atom is -0.481 e. The van der Waals surface area contributed by atoms with Crippen LogP contribution < -0.4 is 10.1 Å². The molecule has 1 N–H and O–H groups in total. The van der Waals surface area contributed by atoms with Gasteiger partial charge in [-0.2, -0.15) is 5.26 Å². The summed E-state index contributed by atoms with van der Waals surface area (Å²) in [5, 5.41) is 20.4. The molecule has 30 heavy (non-hydrogen) atoms. The Kier molecular flexibility index (Phi) is 5.75. The minimum atomic E-state index is -0.689. The van der Waals surface area contributed by atoms with Crippen LogP contribution in [0.15, 0.2) is 48.5 Å². The number of carbonyl (C=O) groups is 1. The number of nitrogens with zero attached hydrogens (tertiary/aromatic N) is 4. The maximum absolute atomic E-state index is 12.5. The second-order valence-electron chi connectivity index (χ2n) is 7.37. The molecule has 0 bridgehead atoms. The lowest BCUT2D eigenvalue weighted by molar-refractivity contribution is -0.122. The van der Waals surface area contributed by atoms with Crippen molar-refractivity contribution >= 4 is 11.6 Å². The van der Waals surface area contributed by atoms with Gasteiger partial charge in [0.2, 0.25) is 0 Å². The predicted molar refractivity (Wildman–Crippen MR) is 113 cm³/mol. The molecule has 1 aliphatic heterocycles. The van der Waals surface area contributed by atoms with E-state index in [1.54, 1.807) is 31.2 Å². The molecule has 2 aromatic carbocycles. The van der Waals surface area contributed by atoms with Crippen LogP contribution in [0.1, 0.15) is 37.6 Å². The van der Waals surface area contributed by atoms with E-state index in [0.717, 1.165) is 43.0 Å². The summed E-state index contributed by atoms with van der Waals surface area (Å²) >= 11 is 0. The number of ether oxygens (including phenoxy) is 1. The van der Waals surface area contributed by atoms with Crippen molar-refractivity contribution in [2.75, 3.05) is 5.32 Å². The molecule has 0 radical (unpaired) electrons. The third-order valence-corrected chi connectivity index (χ3v) is 5.17. The number of rotatable bonds is 5. The Morgan fingerprint density at radius 3 is 2.80 bits per heavy atom. The first-order valence-electron chi connectivity index (χ1n) is 10.1. The molecular formula is C23H23N5O2. The van der Waals surface area contributed by atoms with Crippen molar-refractivity contribution in [3.05, 3.63) is 59.9 Å². The fraction of sp³-hybridized carbons (Fsp3) is 0.304. The van der Waals surface area contributed by atoms with Gasteiger partial charge in [0, 0.05) is 24.2 Å². The normalized spacial score (nSPS) is 14.1. The van der Waals surface area contributed by atoms with Crippen LogP contribution in [0.2, 0.25) is 0 Å². The van der Waals surface area contributed by atoms with Crippen LogP contribution in [-0.2, 0) is 17.8 Å². The summed E-state index contributed by atoms with van der Waals surface area (Å²) in [6.45, 7) is 2.63. The second-order valence-corrected chi connectivity index (χ2v) is 7.37. The van der Waals surface area contributed by atoms with Gasteiger partial charge < -0.3 is 14.6 Å². The topological polar surface area (TPSA) is 92.8 Å². The molecule has 1 atom stereocenters. The molecule has 7 heteroatoms. The fourth-order valence-corrected chi connectivity index (χ4v) is 3.54. The average Bonchev–Trinajstić information content (AvgIpc) is 3.02. The Balaban J connectivity index is 1.46. The van der Waals surface area contributed by atoms with Gasteiger partial charge in [0.1, 0.15) is 11.6 Å². The van der Waals surface area contributed by atoms with Crippen molar-refractivity contribution in [3.63, 3.8) is 0 Å². The molecule has 4 rings (SSSR count). The van der Waals surface area contributed by atoms with Gasteiger partial charge in [-0.1, -0.05) is 18.6 Å².